The minimum atomic E-state index is -0.370. The summed E-state index contributed by atoms with van der Waals surface area (Å²) in [6, 6.07) is 4.81. The lowest BCUT2D eigenvalue weighted by molar-refractivity contribution is 0.0827. The molecule has 0 spiro atoms. The molecule has 0 aliphatic heterocycles. The van der Waals surface area contributed by atoms with Gasteiger partial charge in [0.05, 0.1) is 11.8 Å². The number of ether oxygens (including phenoxy) is 1. The summed E-state index contributed by atoms with van der Waals surface area (Å²) in [6.07, 6.45) is 0.833. The minimum absolute atomic E-state index is 0.182. The van der Waals surface area contributed by atoms with Crippen LogP contribution >= 0.6 is 11.6 Å². The number of hydrogen-bond acceptors (Lipinski definition) is 2. The summed E-state index contributed by atoms with van der Waals surface area (Å²) < 4.78 is 17.8. The molecule has 0 radical (unpaired) electrons. The predicted octanol–water partition coefficient (Wildman–Crippen LogP) is 2.56. The standard InChI is InChI=1S/C11H15ClFNO/c1-14(8-15-2)6-5-9-3-4-11(13)10(12)7-9/h3-4,7H,5-6,8H2,1-2H3. The Morgan fingerprint density at radius 3 is 2.80 bits per heavy atom. The van der Waals surface area contributed by atoms with Gasteiger partial charge in [0.1, 0.15) is 5.82 Å². The Labute approximate surface area is 94.6 Å². The zero-order chi connectivity index (χ0) is 11.3. The molecular weight excluding hydrogens is 217 g/mol. The Morgan fingerprint density at radius 1 is 1.47 bits per heavy atom. The average molecular weight is 232 g/mol. The summed E-state index contributed by atoms with van der Waals surface area (Å²) in [4.78, 5) is 2.04. The molecule has 0 bridgehead atoms. The maximum Gasteiger partial charge on any atom is 0.141 e. The summed E-state index contributed by atoms with van der Waals surface area (Å²) in [5.74, 6) is -0.370. The lowest BCUT2D eigenvalue weighted by Gasteiger charge is -2.14. The SMILES string of the molecule is COCN(C)CCc1ccc(F)c(Cl)c1. The van der Waals surface area contributed by atoms with Crippen LogP contribution in [0, 0.1) is 5.82 Å². The van der Waals surface area contributed by atoms with E-state index in [0.717, 1.165) is 18.5 Å². The van der Waals surface area contributed by atoms with Crippen LogP contribution in [0.25, 0.3) is 0 Å². The molecule has 0 heterocycles. The van der Waals surface area contributed by atoms with Gasteiger partial charge in [-0.05, 0) is 31.2 Å². The van der Waals surface area contributed by atoms with Crippen molar-refractivity contribution in [3.05, 3.63) is 34.6 Å². The molecule has 0 aliphatic carbocycles. The van der Waals surface area contributed by atoms with Crippen LogP contribution < -0.4 is 0 Å². The van der Waals surface area contributed by atoms with E-state index in [-0.39, 0.29) is 10.8 Å². The van der Waals surface area contributed by atoms with Gasteiger partial charge in [0.2, 0.25) is 0 Å². The molecule has 0 N–H and O–H groups in total. The van der Waals surface area contributed by atoms with Crippen LogP contribution in [-0.2, 0) is 11.2 Å². The number of halogens is 2. The zero-order valence-corrected chi connectivity index (χ0v) is 9.72. The van der Waals surface area contributed by atoms with Gasteiger partial charge >= 0.3 is 0 Å². The number of nitrogens with zero attached hydrogens (tertiary/aromatic N) is 1. The molecule has 1 aromatic carbocycles. The molecule has 0 aliphatic rings. The second-order valence-corrected chi connectivity index (χ2v) is 3.90. The third-order valence-corrected chi connectivity index (χ3v) is 2.41. The fourth-order valence-corrected chi connectivity index (χ4v) is 1.50. The van der Waals surface area contributed by atoms with E-state index < -0.39 is 0 Å². The van der Waals surface area contributed by atoms with Crippen molar-refractivity contribution >= 4 is 11.6 Å². The van der Waals surface area contributed by atoms with Crippen molar-refractivity contribution in [3.63, 3.8) is 0 Å². The van der Waals surface area contributed by atoms with Crippen LogP contribution in [0.15, 0.2) is 18.2 Å². The monoisotopic (exact) mass is 231 g/mol. The summed E-state index contributed by atoms with van der Waals surface area (Å²) in [5.41, 5.74) is 1.03. The largest absolute Gasteiger partial charge is 0.369 e. The number of hydrogen-bond donors (Lipinski definition) is 0. The molecule has 2 nitrogen and oxygen atoms in total. The van der Waals surface area contributed by atoms with Gasteiger partial charge in [0.15, 0.2) is 0 Å². The third-order valence-electron chi connectivity index (χ3n) is 2.12. The second kappa shape index (κ2) is 6.05. The topological polar surface area (TPSA) is 12.5 Å². The van der Waals surface area contributed by atoms with Crippen molar-refractivity contribution in [2.24, 2.45) is 0 Å². The van der Waals surface area contributed by atoms with Crippen LogP contribution in [0.3, 0.4) is 0 Å². The van der Waals surface area contributed by atoms with Crippen molar-refractivity contribution < 1.29 is 9.13 Å². The second-order valence-electron chi connectivity index (χ2n) is 3.50. The molecular formula is C11H15ClFNO. The molecule has 0 aromatic heterocycles. The Balaban J connectivity index is 2.47. The number of rotatable bonds is 5. The van der Waals surface area contributed by atoms with Crippen LogP contribution in [0.5, 0.6) is 0 Å². The molecule has 4 heteroatoms. The van der Waals surface area contributed by atoms with E-state index in [2.05, 4.69) is 0 Å². The maximum atomic E-state index is 12.9. The first-order chi connectivity index (χ1) is 7.13. The van der Waals surface area contributed by atoms with Gasteiger partial charge in [-0.1, -0.05) is 17.7 Å². The van der Waals surface area contributed by atoms with Crippen molar-refractivity contribution in [2.45, 2.75) is 6.42 Å². The number of methoxy groups -OCH3 is 1. The van der Waals surface area contributed by atoms with Crippen LogP contribution in [0.4, 0.5) is 4.39 Å². The average Bonchev–Trinajstić information content (AvgIpc) is 2.20. The van der Waals surface area contributed by atoms with Gasteiger partial charge in [0.25, 0.3) is 0 Å². The third kappa shape index (κ3) is 4.16. The predicted molar refractivity (Wildman–Crippen MR) is 59.6 cm³/mol. The van der Waals surface area contributed by atoms with Crippen LogP contribution in [0.1, 0.15) is 5.56 Å². The van der Waals surface area contributed by atoms with Crippen LogP contribution in [0.2, 0.25) is 5.02 Å². The molecule has 0 fully saturated rings. The van der Waals surface area contributed by atoms with Crippen molar-refractivity contribution in [1.82, 2.24) is 4.90 Å². The lowest BCUT2D eigenvalue weighted by atomic mass is 10.1. The normalized spacial score (nSPS) is 11.0. The molecule has 0 saturated heterocycles. The minimum Gasteiger partial charge on any atom is -0.369 e. The number of likely N-dealkylation sites (N-methyl/N-ethyl adjacent to an activating group) is 1. The fraction of sp³-hybridized carbons (Fsp3) is 0.455. The lowest BCUT2D eigenvalue weighted by Crippen LogP contribution is -2.23. The van der Waals surface area contributed by atoms with Gasteiger partial charge in [-0.3, -0.25) is 4.90 Å². The molecule has 15 heavy (non-hydrogen) atoms. The van der Waals surface area contributed by atoms with E-state index in [0.29, 0.717) is 6.73 Å². The Morgan fingerprint density at radius 2 is 2.20 bits per heavy atom. The van der Waals surface area contributed by atoms with Gasteiger partial charge < -0.3 is 4.74 Å². The summed E-state index contributed by atoms with van der Waals surface area (Å²) >= 11 is 5.68. The summed E-state index contributed by atoms with van der Waals surface area (Å²) in [7, 11) is 3.62. The van der Waals surface area contributed by atoms with Gasteiger partial charge in [0, 0.05) is 13.7 Å². The van der Waals surface area contributed by atoms with Crippen molar-refractivity contribution in [1.29, 1.82) is 0 Å². The Kier molecular flexibility index (Phi) is 5.02. The van der Waals surface area contributed by atoms with E-state index in [4.69, 9.17) is 16.3 Å². The summed E-state index contributed by atoms with van der Waals surface area (Å²) in [6.45, 7) is 1.45. The van der Waals surface area contributed by atoms with E-state index in [9.17, 15) is 4.39 Å². The van der Waals surface area contributed by atoms with Gasteiger partial charge in [-0.15, -0.1) is 0 Å². The molecule has 84 valence electrons. The molecule has 1 rings (SSSR count). The van der Waals surface area contributed by atoms with E-state index >= 15 is 0 Å². The highest BCUT2D eigenvalue weighted by Gasteiger charge is 2.02. The first kappa shape index (κ1) is 12.4. The molecule has 0 amide bonds. The molecule has 0 atom stereocenters. The number of benzene rings is 1. The smallest absolute Gasteiger partial charge is 0.141 e. The first-order valence-electron chi connectivity index (χ1n) is 4.75. The first-order valence-corrected chi connectivity index (χ1v) is 5.12. The van der Waals surface area contributed by atoms with Crippen molar-refractivity contribution in [2.75, 3.05) is 27.4 Å². The van der Waals surface area contributed by atoms with E-state index in [1.807, 2.05) is 11.9 Å². The van der Waals surface area contributed by atoms with Crippen LogP contribution in [-0.4, -0.2) is 32.3 Å². The Bertz CT molecular complexity index is 319. The Hall–Kier alpha value is -0.640. The highest BCUT2D eigenvalue weighted by Crippen LogP contribution is 2.16. The molecule has 1 aromatic rings. The van der Waals surface area contributed by atoms with Gasteiger partial charge in [-0.2, -0.15) is 0 Å². The quantitative estimate of drug-likeness (QED) is 0.723. The zero-order valence-electron chi connectivity index (χ0n) is 8.96. The van der Waals surface area contributed by atoms with Crippen molar-refractivity contribution in [3.8, 4) is 0 Å². The van der Waals surface area contributed by atoms with Gasteiger partial charge in [-0.25, -0.2) is 4.39 Å². The highest BCUT2D eigenvalue weighted by molar-refractivity contribution is 6.30. The fourth-order valence-electron chi connectivity index (χ4n) is 1.30. The van der Waals surface area contributed by atoms with E-state index in [1.165, 1.54) is 6.07 Å². The molecule has 0 unspecified atom stereocenters. The maximum absolute atomic E-state index is 12.9. The van der Waals surface area contributed by atoms with E-state index in [1.54, 1.807) is 19.2 Å². The summed E-state index contributed by atoms with van der Waals surface area (Å²) in [5, 5.41) is 0.182. The highest BCUT2D eigenvalue weighted by atomic mass is 35.5. The molecule has 0 saturated carbocycles.